The third-order valence-electron chi connectivity index (χ3n) is 1.95. The molecule has 0 unspecified atom stereocenters. The van der Waals surface area contributed by atoms with Gasteiger partial charge in [-0.25, -0.2) is 21.2 Å². The van der Waals surface area contributed by atoms with Crippen LogP contribution in [0, 0.1) is 5.82 Å². The van der Waals surface area contributed by atoms with Crippen LogP contribution in [-0.2, 0) is 19.9 Å². The molecule has 0 saturated carbocycles. The zero-order chi connectivity index (χ0) is 14.0. The lowest BCUT2D eigenvalue weighted by Gasteiger charge is -2.09. The molecule has 0 spiro atoms. The van der Waals surface area contributed by atoms with Gasteiger partial charge in [-0.05, 0) is 12.1 Å². The largest absolute Gasteiger partial charge is 0.506 e. The van der Waals surface area contributed by atoms with Crippen molar-refractivity contribution in [3.63, 3.8) is 0 Å². The Labute approximate surface area is 104 Å². The smallest absolute Gasteiger partial charge is 0.233 e. The fraction of sp³-hybridized carbons (Fsp3) is 0.333. The van der Waals surface area contributed by atoms with E-state index >= 15 is 0 Å². The van der Waals surface area contributed by atoms with Gasteiger partial charge in [0.15, 0.2) is 0 Å². The van der Waals surface area contributed by atoms with Gasteiger partial charge in [-0.15, -0.1) is 0 Å². The molecule has 0 aliphatic heterocycles. The van der Waals surface area contributed by atoms with Gasteiger partial charge in [0.2, 0.25) is 10.0 Å². The highest BCUT2D eigenvalue weighted by atomic mass is 32.2. The topological polar surface area (TPSA) is 101 Å². The number of hydrogen-bond acceptors (Lipinski definition) is 5. The summed E-state index contributed by atoms with van der Waals surface area (Å²) in [4.78, 5) is 0. The number of nitrogens with one attached hydrogen (secondary N) is 1. The second kappa shape index (κ2) is 5.11. The van der Waals surface area contributed by atoms with E-state index in [1.807, 2.05) is 4.72 Å². The van der Waals surface area contributed by atoms with Crippen LogP contribution in [-0.4, -0.2) is 39.7 Å². The van der Waals surface area contributed by atoms with E-state index in [1.165, 1.54) is 0 Å². The van der Waals surface area contributed by atoms with Crippen molar-refractivity contribution in [1.29, 1.82) is 0 Å². The minimum absolute atomic E-state index is 0.204. The number of halogens is 1. The lowest BCUT2D eigenvalue weighted by molar-refractivity contribution is 0.471. The van der Waals surface area contributed by atoms with E-state index in [0.29, 0.717) is 0 Å². The van der Waals surface area contributed by atoms with E-state index in [4.69, 9.17) is 0 Å². The summed E-state index contributed by atoms with van der Waals surface area (Å²) in [5.41, 5.74) is -0.204. The van der Waals surface area contributed by atoms with Crippen molar-refractivity contribution in [2.75, 3.05) is 22.5 Å². The number of anilines is 1. The Kier molecular flexibility index (Phi) is 4.17. The van der Waals surface area contributed by atoms with Crippen LogP contribution in [0.4, 0.5) is 10.1 Å². The Morgan fingerprint density at radius 1 is 1.22 bits per heavy atom. The van der Waals surface area contributed by atoms with E-state index in [1.54, 1.807) is 0 Å². The second-order valence-corrected chi connectivity index (χ2v) is 7.81. The Balaban J connectivity index is 2.83. The molecule has 1 aromatic rings. The van der Waals surface area contributed by atoms with Gasteiger partial charge < -0.3 is 5.11 Å². The molecule has 0 bridgehead atoms. The average Bonchev–Trinajstić information content (AvgIpc) is 2.19. The summed E-state index contributed by atoms with van der Waals surface area (Å²) >= 11 is 0. The number of aromatic hydroxyl groups is 1. The van der Waals surface area contributed by atoms with Gasteiger partial charge in [0.25, 0.3) is 0 Å². The summed E-state index contributed by atoms with van der Waals surface area (Å²) in [6.45, 7) is 0. The standard InChI is InChI=1S/C9H12FNO5S2/c1-17(13,14)4-5-18(15,16)11-8-3-2-7(10)6-9(8)12/h2-3,6,11-12H,4-5H2,1H3. The van der Waals surface area contributed by atoms with Crippen molar-refractivity contribution < 1.29 is 26.3 Å². The van der Waals surface area contributed by atoms with Crippen LogP contribution in [0.25, 0.3) is 0 Å². The van der Waals surface area contributed by atoms with E-state index < -0.39 is 42.9 Å². The third kappa shape index (κ3) is 4.88. The number of phenols is 1. The molecule has 0 radical (unpaired) electrons. The molecule has 18 heavy (non-hydrogen) atoms. The van der Waals surface area contributed by atoms with Crippen LogP contribution in [0.2, 0.25) is 0 Å². The second-order valence-electron chi connectivity index (χ2n) is 3.71. The Morgan fingerprint density at radius 3 is 2.33 bits per heavy atom. The molecule has 102 valence electrons. The van der Waals surface area contributed by atoms with Crippen molar-refractivity contribution in [3.05, 3.63) is 24.0 Å². The van der Waals surface area contributed by atoms with Crippen molar-refractivity contribution in [3.8, 4) is 5.75 Å². The predicted octanol–water partition coefficient (Wildman–Crippen LogP) is 0.318. The molecule has 2 N–H and O–H groups in total. The number of phenolic OH excluding ortho intramolecular Hbond substituents is 1. The van der Waals surface area contributed by atoms with Crippen LogP contribution in [0.3, 0.4) is 0 Å². The summed E-state index contributed by atoms with van der Waals surface area (Å²) in [5, 5.41) is 9.30. The maximum absolute atomic E-state index is 12.7. The Hall–Kier alpha value is -1.35. The van der Waals surface area contributed by atoms with Gasteiger partial charge in [-0.1, -0.05) is 0 Å². The van der Waals surface area contributed by atoms with Gasteiger partial charge in [0, 0.05) is 12.3 Å². The molecule has 0 saturated heterocycles. The molecule has 1 rings (SSSR count). The molecule has 0 aliphatic carbocycles. The first-order valence-corrected chi connectivity index (χ1v) is 8.47. The summed E-state index contributed by atoms with van der Waals surface area (Å²) in [6, 6.07) is 2.76. The zero-order valence-electron chi connectivity index (χ0n) is 9.42. The fourth-order valence-electron chi connectivity index (χ4n) is 1.07. The first-order chi connectivity index (χ1) is 8.09. The molecule has 0 aliphatic rings. The molecule has 0 heterocycles. The summed E-state index contributed by atoms with van der Waals surface area (Å²) in [7, 11) is -7.32. The molecular formula is C9H12FNO5S2. The molecule has 0 aromatic heterocycles. The number of rotatable bonds is 5. The van der Waals surface area contributed by atoms with Gasteiger partial charge in [0.05, 0.1) is 17.2 Å². The van der Waals surface area contributed by atoms with Gasteiger partial charge >= 0.3 is 0 Å². The average molecular weight is 297 g/mol. The van der Waals surface area contributed by atoms with E-state index in [2.05, 4.69) is 0 Å². The molecular weight excluding hydrogens is 285 g/mol. The number of sulfonamides is 1. The van der Waals surface area contributed by atoms with Crippen molar-refractivity contribution in [1.82, 2.24) is 0 Å². The van der Waals surface area contributed by atoms with Crippen molar-refractivity contribution >= 4 is 25.5 Å². The SMILES string of the molecule is CS(=O)(=O)CCS(=O)(=O)Nc1ccc(F)cc1O. The third-order valence-corrected chi connectivity index (χ3v) is 4.42. The first kappa shape index (κ1) is 14.7. The molecule has 9 heteroatoms. The first-order valence-electron chi connectivity index (χ1n) is 4.76. The van der Waals surface area contributed by atoms with E-state index in [0.717, 1.165) is 24.5 Å². The highest BCUT2D eigenvalue weighted by Crippen LogP contribution is 2.24. The van der Waals surface area contributed by atoms with Crippen molar-refractivity contribution in [2.45, 2.75) is 0 Å². The number of sulfone groups is 1. The normalized spacial score (nSPS) is 12.3. The maximum Gasteiger partial charge on any atom is 0.233 e. The zero-order valence-corrected chi connectivity index (χ0v) is 11.1. The van der Waals surface area contributed by atoms with E-state index in [-0.39, 0.29) is 5.69 Å². The minimum atomic E-state index is -3.91. The number of benzene rings is 1. The van der Waals surface area contributed by atoms with Crippen LogP contribution >= 0.6 is 0 Å². The maximum atomic E-state index is 12.7. The van der Waals surface area contributed by atoms with Gasteiger partial charge in [-0.3, -0.25) is 4.72 Å². The van der Waals surface area contributed by atoms with Gasteiger partial charge in [-0.2, -0.15) is 0 Å². The lowest BCUT2D eigenvalue weighted by atomic mass is 10.3. The van der Waals surface area contributed by atoms with Crippen LogP contribution < -0.4 is 4.72 Å². The van der Waals surface area contributed by atoms with Crippen molar-refractivity contribution in [2.24, 2.45) is 0 Å². The summed E-state index contributed by atoms with van der Waals surface area (Å²) < 4.78 is 59.4. The monoisotopic (exact) mass is 297 g/mol. The fourth-order valence-corrected chi connectivity index (χ4v) is 3.77. The van der Waals surface area contributed by atoms with Crippen LogP contribution in [0.15, 0.2) is 18.2 Å². The van der Waals surface area contributed by atoms with Crippen LogP contribution in [0.5, 0.6) is 5.75 Å². The Morgan fingerprint density at radius 2 is 1.83 bits per heavy atom. The highest BCUT2D eigenvalue weighted by Gasteiger charge is 2.16. The highest BCUT2D eigenvalue weighted by molar-refractivity contribution is 7.95. The predicted molar refractivity (Wildman–Crippen MR) is 65.2 cm³/mol. The number of hydrogen-bond donors (Lipinski definition) is 2. The minimum Gasteiger partial charge on any atom is -0.506 e. The lowest BCUT2D eigenvalue weighted by Crippen LogP contribution is -2.22. The Bertz CT molecular complexity index is 639. The summed E-state index contributed by atoms with van der Waals surface area (Å²) in [6.07, 6.45) is 0.915. The quantitative estimate of drug-likeness (QED) is 0.762. The molecule has 0 amide bonds. The molecule has 0 fully saturated rings. The molecule has 1 aromatic carbocycles. The van der Waals surface area contributed by atoms with Crippen LogP contribution in [0.1, 0.15) is 0 Å². The van der Waals surface area contributed by atoms with Gasteiger partial charge in [0.1, 0.15) is 21.4 Å². The van der Waals surface area contributed by atoms with E-state index in [9.17, 15) is 26.3 Å². The summed E-state index contributed by atoms with van der Waals surface area (Å²) in [5.74, 6) is -2.46. The molecule has 6 nitrogen and oxygen atoms in total. The molecule has 0 atom stereocenters.